The maximum atomic E-state index is 5.09. The monoisotopic (exact) mass is 150 g/mol. The van der Waals surface area contributed by atoms with Gasteiger partial charge in [-0.25, -0.2) is 0 Å². The second kappa shape index (κ2) is 7.19. The van der Waals surface area contributed by atoms with E-state index in [1.165, 1.54) is 4.90 Å². The van der Waals surface area contributed by atoms with Gasteiger partial charge in [-0.2, -0.15) is 0 Å². The fourth-order valence-corrected chi connectivity index (χ4v) is 0.607. The van der Waals surface area contributed by atoms with Gasteiger partial charge in [0.25, 0.3) is 0 Å². The third kappa shape index (κ3) is 9.08. The zero-order valence-corrected chi connectivity index (χ0v) is 7.41. The Morgan fingerprint density at radius 1 is 1.18 bits per heavy atom. The summed E-state index contributed by atoms with van der Waals surface area (Å²) in [7, 11) is 4.19. The van der Waals surface area contributed by atoms with Gasteiger partial charge in [0.05, 0.1) is 14.1 Å². The summed E-state index contributed by atoms with van der Waals surface area (Å²) in [6.45, 7) is 0.927. The van der Waals surface area contributed by atoms with E-state index in [4.69, 9.17) is 6.42 Å². The van der Waals surface area contributed by atoms with Gasteiger partial charge in [-0.15, -0.1) is 12.3 Å². The molecule has 0 fully saturated rings. The lowest BCUT2D eigenvalue weighted by Crippen LogP contribution is -3.05. The molecule has 0 saturated carbocycles. The number of unbranched alkanes of at least 4 members (excludes halogenated alkanes) is 2. The van der Waals surface area contributed by atoms with E-state index in [0.29, 0.717) is 0 Å². The molecule has 0 unspecified atom stereocenters. The van der Waals surface area contributed by atoms with Crippen molar-refractivity contribution in [2.24, 2.45) is 0 Å². The second-order valence-electron chi connectivity index (χ2n) is 2.80. The van der Waals surface area contributed by atoms with Crippen molar-refractivity contribution in [3.63, 3.8) is 0 Å². The molecule has 0 rings (SSSR count). The average molecular weight is 150 g/mol. The summed E-state index contributed by atoms with van der Waals surface area (Å²) in [5, 5.41) is 0. The second-order valence-corrected chi connectivity index (χ2v) is 2.80. The Kier molecular flexibility index (Phi) is 6.59. The largest absolute Gasteiger partial charge is 0.330 e. The molecule has 0 aromatic carbocycles. The van der Waals surface area contributed by atoms with E-state index in [-0.39, 0.29) is 0 Å². The van der Waals surface area contributed by atoms with Crippen LogP contribution in [0.5, 0.6) is 0 Å². The van der Waals surface area contributed by atoms with Gasteiger partial charge in [-0.3, -0.25) is 0 Å². The zero-order valence-electron chi connectivity index (χ0n) is 7.41. The Morgan fingerprint density at radius 3 is 2.45 bits per heavy atom. The van der Waals surface area contributed by atoms with E-state index < -0.39 is 0 Å². The smallest absolute Gasteiger partial charge is 0.138 e. The average Bonchev–Trinajstić information content (AvgIpc) is 1.96. The van der Waals surface area contributed by atoms with Crippen LogP contribution in [-0.4, -0.2) is 20.6 Å². The highest BCUT2D eigenvalue weighted by Crippen LogP contribution is 1.89. The van der Waals surface area contributed by atoms with E-state index in [2.05, 4.69) is 31.9 Å². The molecule has 0 aromatic heterocycles. The van der Waals surface area contributed by atoms with Crippen molar-refractivity contribution >= 4 is 0 Å². The molecule has 0 amide bonds. The fraction of sp³-hybridized carbons (Fsp3) is 0.600. The molecule has 0 aromatic rings. The van der Waals surface area contributed by atoms with E-state index in [1.54, 1.807) is 0 Å². The summed E-state index contributed by atoms with van der Waals surface area (Å²) in [5.41, 5.74) is 0. The highest BCUT2D eigenvalue weighted by atomic mass is 15.0. The van der Waals surface area contributed by atoms with Gasteiger partial charge >= 0.3 is 0 Å². The molecule has 0 atom stereocenters. The molecular formula is C10H16N+. The first-order valence-corrected chi connectivity index (χ1v) is 3.95. The quantitative estimate of drug-likeness (QED) is 0.424. The van der Waals surface area contributed by atoms with Crippen LogP contribution in [0.4, 0.5) is 0 Å². The standard InChI is InChI=1S/C10H15N/c1-4-5-6-7-8-9-10-11(2)3/h1H,5-7,10H2,2-3H3/p+1. The fourth-order valence-electron chi connectivity index (χ4n) is 0.607. The Hall–Kier alpha value is -0.920. The van der Waals surface area contributed by atoms with Gasteiger partial charge in [0.2, 0.25) is 0 Å². The van der Waals surface area contributed by atoms with Crippen LogP contribution in [0, 0.1) is 24.2 Å². The van der Waals surface area contributed by atoms with Gasteiger partial charge in [0.15, 0.2) is 0 Å². The van der Waals surface area contributed by atoms with Crippen LogP contribution in [0.3, 0.4) is 0 Å². The molecular weight excluding hydrogens is 134 g/mol. The molecule has 0 aliphatic rings. The molecule has 1 N–H and O–H groups in total. The number of hydrogen-bond donors (Lipinski definition) is 1. The van der Waals surface area contributed by atoms with Gasteiger partial charge in [-0.1, -0.05) is 5.92 Å². The maximum absolute atomic E-state index is 5.09. The maximum Gasteiger partial charge on any atom is 0.138 e. The lowest BCUT2D eigenvalue weighted by Gasteiger charge is -1.98. The summed E-state index contributed by atoms with van der Waals surface area (Å²) in [6, 6.07) is 0. The van der Waals surface area contributed by atoms with Gasteiger partial charge in [0.1, 0.15) is 6.54 Å². The summed E-state index contributed by atoms with van der Waals surface area (Å²) >= 11 is 0. The zero-order chi connectivity index (χ0) is 8.53. The van der Waals surface area contributed by atoms with E-state index in [0.717, 1.165) is 25.8 Å². The van der Waals surface area contributed by atoms with E-state index in [9.17, 15) is 0 Å². The van der Waals surface area contributed by atoms with Crippen molar-refractivity contribution in [1.82, 2.24) is 0 Å². The summed E-state index contributed by atoms with van der Waals surface area (Å²) < 4.78 is 0. The molecule has 0 aliphatic carbocycles. The van der Waals surface area contributed by atoms with Crippen molar-refractivity contribution in [2.45, 2.75) is 19.3 Å². The van der Waals surface area contributed by atoms with Crippen molar-refractivity contribution in [1.29, 1.82) is 0 Å². The third-order valence-electron chi connectivity index (χ3n) is 1.19. The Bertz CT molecular complexity index is 175. The lowest BCUT2D eigenvalue weighted by atomic mass is 10.2. The molecule has 0 radical (unpaired) electrons. The highest BCUT2D eigenvalue weighted by Gasteiger charge is 1.83. The Labute approximate surface area is 69.8 Å². The van der Waals surface area contributed by atoms with Gasteiger partial charge in [-0.05, 0) is 12.3 Å². The number of nitrogens with one attached hydrogen (secondary N) is 1. The van der Waals surface area contributed by atoms with Crippen molar-refractivity contribution in [2.75, 3.05) is 20.6 Å². The van der Waals surface area contributed by atoms with Crippen molar-refractivity contribution in [3.05, 3.63) is 0 Å². The van der Waals surface area contributed by atoms with Crippen LogP contribution in [0.15, 0.2) is 0 Å². The van der Waals surface area contributed by atoms with Crippen LogP contribution in [0.2, 0.25) is 0 Å². The lowest BCUT2D eigenvalue weighted by molar-refractivity contribution is -0.850. The summed E-state index contributed by atoms with van der Waals surface area (Å²) in [5.74, 6) is 8.77. The highest BCUT2D eigenvalue weighted by molar-refractivity contribution is 4.99. The molecule has 1 heteroatoms. The normalized spacial score (nSPS) is 8.55. The predicted octanol–water partition coefficient (Wildman–Crippen LogP) is -0.0622. The number of terminal acetylenes is 1. The topological polar surface area (TPSA) is 4.44 Å². The molecule has 60 valence electrons. The molecule has 0 saturated heterocycles. The first-order chi connectivity index (χ1) is 5.27. The minimum absolute atomic E-state index is 0.851. The molecule has 0 bridgehead atoms. The van der Waals surface area contributed by atoms with Crippen LogP contribution in [0.1, 0.15) is 19.3 Å². The summed E-state index contributed by atoms with van der Waals surface area (Å²) in [6.07, 6.45) is 7.92. The van der Waals surface area contributed by atoms with Gasteiger partial charge in [0, 0.05) is 12.8 Å². The number of rotatable bonds is 3. The minimum Gasteiger partial charge on any atom is -0.330 e. The van der Waals surface area contributed by atoms with E-state index >= 15 is 0 Å². The molecule has 0 heterocycles. The third-order valence-corrected chi connectivity index (χ3v) is 1.19. The molecule has 11 heavy (non-hydrogen) atoms. The van der Waals surface area contributed by atoms with Crippen molar-refractivity contribution in [3.8, 4) is 24.2 Å². The first-order valence-electron chi connectivity index (χ1n) is 3.95. The molecule has 0 aliphatic heterocycles. The minimum atomic E-state index is 0.851. The predicted molar refractivity (Wildman–Crippen MR) is 48.1 cm³/mol. The number of hydrogen-bond acceptors (Lipinski definition) is 0. The number of quaternary nitrogens is 1. The van der Waals surface area contributed by atoms with E-state index in [1.807, 2.05) is 0 Å². The van der Waals surface area contributed by atoms with Gasteiger partial charge < -0.3 is 4.90 Å². The first kappa shape index (κ1) is 10.1. The van der Waals surface area contributed by atoms with Crippen LogP contribution < -0.4 is 4.90 Å². The van der Waals surface area contributed by atoms with Crippen LogP contribution in [0.25, 0.3) is 0 Å². The van der Waals surface area contributed by atoms with Crippen molar-refractivity contribution < 1.29 is 4.90 Å². The molecule has 1 nitrogen and oxygen atoms in total. The van der Waals surface area contributed by atoms with Crippen LogP contribution >= 0.6 is 0 Å². The Balaban J connectivity index is 3.21. The SMILES string of the molecule is C#CCCCC#CC[NH+](C)C. The van der Waals surface area contributed by atoms with Crippen LogP contribution in [-0.2, 0) is 0 Å². The summed E-state index contributed by atoms with van der Waals surface area (Å²) in [4.78, 5) is 1.37. The molecule has 0 spiro atoms. The Morgan fingerprint density at radius 2 is 1.91 bits per heavy atom.